The van der Waals surface area contributed by atoms with Gasteiger partial charge in [0.05, 0.1) is 10.6 Å². The summed E-state index contributed by atoms with van der Waals surface area (Å²) in [6, 6.07) is 5.20. The first-order valence-electron chi connectivity index (χ1n) is 6.87. The summed E-state index contributed by atoms with van der Waals surface area (Å²) in [6.07, 6.45) is 2.18. The molecule has 21 heavy (non-hydrogen) atoms. The van der Waals surface area contributed by atoms with Gasteiger partial charge in [0.2, 0.25) is 0 Å². The highest BCUT2D eigenvalue weighted by molar-refractivity contribution is 8.14. The number of hydrogen-bond donors (Lipinski definition) is 1. The number of nitrogens with one attached hydrogen (secondary N) is 1. The van der Waals surface area contributed by atoms with E-state index in [0.29, 0.717) is 11.3 Å². The molecule has 0 aliphatic carbocycles. The van der Waals surface area contributed by atoms with Crippen LogP contribution in [0.2, 0.25) is 0 Å². The van der Waals surface area contributed by atoms with Crippen molar-refractivity contribution in [3.8, 4) is 0 Å². The summed E-state index contributed by atoms with van der Waals surface area (Å²) < 4.78 is 0. The number of hydrazone groups is 1. The first kappa shape index (κ1) is 15.5. The Labute approximate surface area is 127 Å². The van der Waals surface area contributed by atoms with Crippen LogP contribution >= 0.6 is 11.8 Å². The van der Waals surface area contributed by atoms with Crippen LogP contribution in [0.15, 0.2) is 28.3 Å². The summed E-state index contributed by atoms with van der Waals surface area (Å²) in [6.45, 7) is 4.66. The van der Waals surface area contributed by atoms with Crippen molar-refractivity contribution in [3.63, 3.8) is 0 Å². The number of nitro benzene ring substituents is 1. The number of thioether (sulfide) groups is 1. The second kappa shape index (κ2) is 7.21. The van der Waals surface area contributed by atoms with Gasteiger partial charge in [0.15, 0.2) is 5.17 Å². The molecule has 0 bridgehead atoms. The number of nitrogens with zero attached hydrogens (tertiary/aromatic N) is 3. The summed E-state index contributed by atoms with van der Waals surface area (Å²) in [4.78, 5) is 15.0. The molecule has 7 heteroatoms. The van der Waals surface area contributed by atoms with Crippen molar-refractivity contribution in [1.82, 2.24) is 5.43 Å². The summed E-state index contributed by atoms with van der Waals surface area (Å²) in [5.41, 5.74) is 5.28. The van der Waals surface area contributed by atoms with Crippen LogP contribution in [0.4, 0.5) is 5.69 Å². The molecule has 1 N–H and O–H groups in total. The summed E-state index contributed by atoms with van der Waals surface area (Å²) in [5.74, 6) is 0.665. The summed E-state index contributed by atoms with van der Waals surface area (Å²) in [7, 11) is 0. The Bertz CT molecular complexity index is 599. The van der Waals surface area contributed by atoms with Crippen LogP contribution in [0.3, 0.4) is 0 Å². The van der Waals surface area contributed by atoms with Crippen LogP contribution in [0.5, 0.6) is 0 Å². The van der Waals surface area contributed by atoms with Crippen LogP contribution in [0.25, 0.3) is 0 Å². The van der Waals surface area contributed by atoms with Crippen molar-refractivity contribution in [2.24, 2.45) is 10.1 Å². The highest BCUT2D eigenvalue weighted by atomic mass is 32.2. The molecule has 0 amide bonds. The van der Waals surface area contributed by atoms with E-state index in [1.165, 1.54) is 0 Å². The normalized spacial score (nSPS) is 16.5. The van der Waals surface area contributed by atoms with Crippen LogP contribution in [-0.2, 0) is 0 Å². The van der Waals surface area contributed by atoms with Gasteiger partial charge < -0.3 is 0 Å². The number of aryl methyl sites for hydroxylation is 1. The largest absolute Gasteiger partial charge is 0.272 e. The number of hydrogen-bond acceptors (Lipinski definition) is 5. The standard InChI is InChI=1S/C14H18N4O2S/c1-3-4-7-15-14-17-16-12(9-21-14)11-6-5-10(2)13(8-11)18(19)20/h5-6,8H,3-4,7,9H2,1-2H3,(H,15,17). The van der Waals surface area contributed by atoms with Crippen molar-refractivity contribution < 1.29 is 4.92 Å². The number of benzene rings is 1. The highest BCUT2D eigenvalue weighted by Crippen LogP contribution is 2.22. The molecule has 0 fully saturated rings. The van der Waals surface area contributed by atoms with Gasteiger partial charge in [-0.25, -0.2) is 0 Å². The Morgan fingerprint density at radius 1 is 1.52 bits per heavy atom. The van der Waals surface area contributed by atoms with E-state index < -0.39 is 0 Å². The van der Waals surface area contributed by atoms with Crippen molar-refractivity contribution >= 4 is 28.3 Å². The van der Waals surface area contributed by atoms with Crippen molar-refractivity contribution in [2.75, 3.05) is 12.3 Å². The maximum Gasteiger partial charge on any atom is 0.272 e. The van der Waals surface area contributed by atoms with Crippen LogP contribution in [0.1, 0.15) is 30.9 Å². The topological polar surface area (TPSA) is 79.9 Å². The lowest BCUT2D eigenvalue weighted by Crippen LogP contribution is -2.25. The fraction of sp³-hybridized carbons (Fsp3) is 0.429. The fourth-order valence-electron chi connectivity index (χ4n) is 1.87. The van der Waals surface area contributed by atoms with Crippen LogP contribution in [0, 0.1) is 17.0 Å². The van der Waals surface area contributed by atoms with E-state index in [2.05, 4.69) is 22.4 Å². The number of aliphatic imine (C=N–C) groups is 1. The lowest BCUT2D eigenvalue weighted by Gasteiger charge is -2.15. The van der Waals surface area contributed by atoms with Crippen LogP contribution in [-0.4, -0.2) is 28.1 Å². The van der Waals surface area contributed by atoms with Gasteiger partial charge >= 0.3 is 0 Å². The molecule has 0 aromatic heterocycles. The molecule has 0 saturated carbocycles. The monoisotopic (exact) mass is 306 g/mol. The van der Waals surface area contributed by atoms with Crippen molar-refractivity contribution in [1.29, 1.82) is 0 Å². The van der Waals surface area contributed by atoms with Gasteiger partial charge in [0, 0.05) is 29.5 Å². The minimum Gasteiger partial charge on any atom is -0.261 e. The second-order valence-electron chi connectivity index (χ2n) is 4.76. The molecule has 1 aromatic rings. The maximum atomic E-state index is 11.0. The van der Waals surface area contributed by atoms with E-state index in [9.17, 15) is 10.1 Å². The van der Waals surface area contributed by atoms with Crippen molar-refractivity contribution in [3.05, 3.63) is 39.4 Å². The smallest absolute Gasteiger partial charge is 0.261 e. The summed E-state index contributed by atoms with van der Waals surface area (Å²) in [5, 5.41) is 16.1. The van der Waals surface area contributed by atoms with E-state index in [0.717, 1.165) is 35.8 Å². The molecular formula is C14H18N4O2S. The number of amidine groups is 1. The van der Waals surface area contributed by atoms with Gasteiger partial charge in [0.1, 0.15) is 0 Å². The quantitative estimate of drug-likeness (QED) is 0.515. The highest BCUT2D eigenvalue weighted by Gasteiger charge is 2.17. The zero-order valence-electron chi connectivity index (χ0n) is 12.1. The van der Waals surface area contributed by atoms with Gasteiger partial charge in [-0.1, -0.05) is 37.2 Å². The zero-order chi connectivity index (χ0) is 15.2. The molecule has 0 spiro atoms. The molecule has 6 nitrogen and oxygen atoms in total. The molecule has 1 heterocycles. The average Bonchev–Trinajstić information content (AvgIpc) is 2.48. The number of nitro groups is 1. The first-order valence-corrected chi connectivity index (χ1v) is 7.85. The zero-order valence-corrected chi connectivity index (χ0v) is 12.9. The van der Waals surface area contributed by atoms with E-state index >= 15 is 0 Å². The van der Waals surface area contributed by atoms with Gasteiger partial charge in [-0.15, -0.1) is 0 Å². The van der Waals surface area contributed by atoms with Crippen molar-refractivity contribution in [2.45, 2.75) is 26.7 Å². The summed E-state index contributed by atoms with van der Waals surface area (Å²) >= 11 is 1.57. The molecular weight excluding hydrogens is 288 g/mol. The molecule has 1 aromatic carbocycles. The molecule has 1 aliphatic rings. The first-order chi connectivity index (χ1) is 10.1. The average molecular weight is 306 g/mol. The molecule has 0 saturated heterocycles. The van der Waals surface area contributed by atoms with E-state index in [1.54, 1.807) is 30.8 Å². The maximum absolute atomic E-state index is 11.0. The van der Waals surface area contributed by atoms with E-state index in [1.807, 2.05) is 6.07 Å². The third kappa shape index (κ3) is 4.04. The van der Waals surface area contributed by atoms with Gasteiger partial charge in [-0.2, -0.15) is 5.10 Å². The van der Waals surface area contributed by atoms with Crippen LogP contribution < -0.4 is 5.43 Å². The number of rotatable bonds is 5. The number of unbranched alkanes of at least 4 members (excludes halogenated alkanes) is 1. The Hall–Kier alpha value is -1.89. The minimum atomic E-state index is -0.361. The Morgan fingerprint density at radius 3 is 2.95 bits per heavy atom. The third-order valence-electron chi connectivity index (χ3n) is 3.14. The SMILES string of the molecule is CCCCN=C1NN=C(c2ccc(C)c([N+](=O)[O-])c2)CS1. The molecule has 0 unspecified atom stereocenters. The van der Waals surface area contributed by atoms with Gasteiger partial charge in [-0.05, 0) is 13.3 Å². The van der Waals surface area contributed by atoms with E-state index in [-0.39, 0.29) is 10.6 Å². The lowest BCUT2D eigenvalue weighted by atomic mass is 10.1. The minimum absolute atomic E-state index is 0.127. The lowest BCUT2D eigenvalue weighted by molar-refractivity contribution is -0.385. The Balaban J connectivity index is 2.12. The molecule has 1 aliphatic heterocycles. The third-order valence-corrected chi connectivity index (χ3v) is 4.05. The predicted octanol–water partition coefficient (Wildman–Crippen LogP) is 3.10. The fourth-order valence-corrected chi connectivity index (χ4v) is 2.67. The molecule has 0 atom stereocenters. The van der Waals surface area contributed by atoms with Gasteiger partial charge in [-0.3, -0.25) is 20.5 Å². The Kier molecular flexibility index (Phi) is 5.32. The second-order valence-corrected chi connectivity index (χ2v) is 5.72. The van der Waals surface area contributed by atoms with Gasteiger partial charge in [0.25, 0.3) is 5.69 Å². The van der Waals surface area contributed by atoms with E-state index in [4.69, 9.17) is 0 Å². The molecule has 0 radical (unpaired) electrons. The molecule has 112 valence electrons. The predicted molar refractivity (Wildman–Crippen MR) is 87.2 cm³/mol. The Morgan fingerprint density at radius 2 is 2.33 bits per heavy atom. The molecule has 2 rings (SSSR count).